The molecule has 1 aliphatic rings. The van der Waals surface area contributed by atoms with E-state index in [1.54, 1.807) is 0 Å². The van der Waals surface area contributed by atoms with Gasteiger partial charge in [0.05, 0.1) is 7.11 Å². The van der Waals surface area contributed by atoms with Crippen LogP contribution in [0.5, 0.6) is 0 Å². The first kappa shape index (κ1) is 14.1. The zero-order chi connectivity index (χ0) is 13.8. The second kappa shape index (κ2) is 6.23. The van der Waals surface area contributed by atoms with Crippen molar-refractivity contribution in [3.05, 3.63) is 22.1 Å². The zero-order valence-electron chi connectivity index (χ0n) is 11.1. The molecule has 1 atom stereocenters. The van der Waals surface area contributed by atoms with E-state index in [1.807, 2.05) is 6.92 Å². The van der Waals surface area contributed by atoms with Crippen LogP contribution in [0.1, 0.15) is 31.9 Å². The summed E-state index contributed by atoms with van der Waals surface area (Å²) in [6, 6.07) is 1.51. The van der Waals surface area contributed by atoms with E-state index < -0.39 is 0 Å². The van der Waals surface area contributed by atoms with Gasteiger partial charge in [-0.2, -0.15) is 0 Å². The molecule has 5 nitrogen and oxygen atoms in total. The average molecular weight is 282 g/mol. The molecular formula is C13H18N2O3S. The third-order valence-corrected chi connectivity index (χ3v) is 4.25. The van der Waals surface area contributed by atoms with Gasteiger partial charge in [-0.1, -0.05) is 25.1 Å². The summed E-state index contributed by atoms with van der Waals surface area (Å²) in [6.45, 7) is 2.04. The Labute approximate surface area is 116 Å². The number of aromatic amines is 1. The molecule has 0 amide bonds. The highest BCUT2D eigenvalue weighted by molar-refractivity contribution is 8.00. The van der Waals surface area contributed by atoms with E-state index in [1.165, 1.54) is 24.9 Å². The van der Waals surface area contributed by atoms with E-state index in [-0.39, 0.29) is 16.8 Å². The van der Waals surface area contributed by atoms with E-state index in [0.29, 0.717) is 11.1 Å². The second-order valence-corrected chi connectivity index (χ2v) is 5.82. The molecule has 1 saturated carbocycles. The fraction of sp³-hybridized carbons (Fsp3) is 0.615. The molecule has 0 aromatic carbocycles. The third kappa shape index (κ3) is 3.83. The third-order valence-electron chi connectivity index (χ3n) is 3.00. The first-order valence-electron chi connectivity index (χ1n) is 6.48. The highest BCUT2D eigenvalue weighted by Gasteiger charge is 2.38. The highest BCUT2D eigenvalue weighted by Crippen LogP contribution is 2.41. The van der Waals surface area contributed by atoms with E-state index >= 15 is 0 Å². The molecule has 0 spiro atoms. The second-order valence-electron chi connectivity index (χ2n) is 4.69. The summed E-state index contributed by atoms with van der Waals surface area (Å²) in [7, 11) is 1.39. The lowest BCUT2D eigenvalue weighted by Crippen LogP contribution is -2.22. The van der Waals surface area contributed by atoms with Crippen LogP contribution < -0.4 is 5.56 Å². The van der Waals surface area contributed by atoms with Gasteiger partial charge in [-0.25, -0.2) is 4.98 Å². The number of H-pyrrole nitrogens is 1. The minimum absolute atomic E-state index is 0.166. The maximum Gasteiger partial charge on any atom is 0.319 e. The van der Waals surface area contributed by atoms with Crippen molar-refractivity contribution in [1.82, 2.24) is 9.97 Å². The summed E-state index contributed by atoms with van der Waals surface area (Å²) in [5, 5.41) is 0.253. The number of carbonyl (C=O) groups is 1. The Morgan fingerprint density at radius 2 is 2.37 bits per heavy atom. The van der Waals surface area contributed by atoms with Gasteiger partial charge >= 0.3 is 5.97 Å². The van der Waals surface area contributed by atoms with Crippen LogP contribution in [-0.4, -0.2) is 28.3 Å². The Balaban J connectivity index is 2.16. The largest absolute Gasteiger partial charge is 0.468 e. The fourth-order valence-corrected chi connectivity index (χ4v) is 3.12. The van der Waals surface area contributed by atoms with Crippen LogP contribution in [0.25, 0.3) is 0 Å². The predicted molar refractivity (Wildman–Crippen MR) is 73.2 cm³/mol. The predicted octanol–water partition coefficient (Wildman–Crippen LogP) is 1.77. The summed E-state index contributed by atoms with van der Waals surface area (Å²) >= 11 is 1.30. The smallest absolute Gasteiger partial charge is 0.319 e. The van der Waals surface area contributed by atoms with Crippen molar-refractivity contribution >= 4 is 17.7 Å². The van der Waals surface area contributed by atoms with Crippen molar-refractivity contribution in [2.24, 2.45) is 5.92 Å². The Kier molecular flexibility index (Phi) is 4.63. The number of methoxy groups -OCH3 is 1. The normalized spacial score (nSPS) is 16.1. The number of esters is 1. The lowest BCUT2D eigenvalue weighted by Gasteiger charge is -2.12. The van der Waals surface area contributed by atoms with Crippen molar-refractivity contribution in [3.63, 3.8) is 0 Å². The van der Waals surface area contributed by atoms with Gasteiger partial charge in [0.1, 0.15) is 5.25 Å². The minimum atomic E-state index is -0.259. The molecule has 0 bridgehead atoms. The summed E-state index contributed by atoms with van der Waals surface area (Å²) in [6.07, 6.45) is 3.77. The molecule has 19 heavy (non-hydrogen) atoms. The Hall–Kier alpha value is -1.30. The van der Waals surface area contributed by atoms with Gasteiger partial charge in [-0.15, -0.1) is 0 Å². The van der Waals surface area contributed by atoms with Gasteiger partial charge in [-0.3, -0.25) is 9.59 Å². The topological polar surface area (TPSA) is 72.0 Å². The molecule has 1 aliphatic carbocycles. The molecule has 0 aliphatic heterocycles. The molecule has 0 saturated heterocycles. The molecule has 1 aromatic heterocycles. The number of nitrogens with zero attached hydrogens (tertiary/aromatic N) is 1. The Morgan fingerprint density at radius 3 is 2.95 bits per heavy atom. The Morgan fingerprint density at radius 1 is 1.63 bits per heavy atom. The molecule has 2 rings (SSSR count). The minimum Gasteiger partial charge on any atom is -0.468 e. The summed E-state index contributed by atoms with van der Waals surface area (Å²) in [4.78, 5) is 30.4. The lowest BCUT2D eigenvalue weighted by atomic mass is 10.2. The van der Waals surface area contributed by atoms with Gasteiger partial charge in [0.15, 0.2) is 5.16 Å². The number of ether oxygens (including phenoxy) is 1. The monoisotopic (exact) mass is 282 g/mol. The maximum atomic E-state index is 11.7. The van der Waals surface area contributed by atoms with Crippen LogP contribution in [0.15, 0.2) is 16.0 Å². The number of hydrogen-bond acceptors (Lipinski definition) is 5. The number of thioether (sulfide) groups is 1. The number of nitrogens with one attached hydrogen (secondary N) is 1. The van der Waals surface area contributed by atoms with Crippen molar-refractivity contribution in [1.29, 1.82) is 0 Å². The van der Waals surface area contributed by atoms with Gasteiger partial charge < -0.3 is 9.72 Å². The number of aryl methyl sites for hydroxylation is 1. The molecule has 104 valence electrons. The van der Waals surface area contributed by atoms with Gasteiger partial charge in [0.2, 0.25) is 0 Å². The van der Waals surface area contributed by atoms with Crippen molar-refractivity contribution in [3.8, 4) is 0 Å². The van der Waals surface area contributed by atoms with Crippen LogP contribution in [-0.2, 0) is 16.0 Å². The quantitative estimate of drug-likeness (QED) is 0.489. The van der Waals surface area contributed by atoms with Gasteiger partial charge in [-0.05, 0) is 25.2 Å². The standard InChI is InChI=1S/C13H18N2O3S/c1-3-4-9-7-10(16)15-13(14-9)19-11(8-5-6-8)12(17)18-2/h7-8,11H,3-6H2,1-2H3,(H,14,15,16). The average Bonchev–Trinajstić information content (AvgIpc) is 3.19. The molecule has 6 heteroatoms. The van der Waals surface area contributed by atoms with E-state index in [9.17, 15) is 9.59 Å². The molecule has 1 heterocycles. The molecular weight excluding hydrogens is 264 g/mol. The number of aromatic nitrogens is 2. The zero-order valence-corrected chi connectivity index (χ0v) is 12.0. The number of carbonyl (C=O) groups excluding carboxylic acids is 1. The SMILES string of the molecule is CCCc1cc(=O)[nH]c(SC(C(=O)OC)C2CC2)n1. The van der Waals surface area contributed by atoms with Crippen LogP contribution >= 0.6 is 11.8 Å². The number of hydrogen-bond donors (Lipinski definition) is 1. The van der Waals surface area contributed by atoms with Crippen LogP contribution in [0.3, 0.4) is 0 Å². The number of rotatable bonds is 6. The van der Waals surface area contributed by atoms with E-state index in [4.69, 9.17) is 4.74 Å². The van der Waals surface area contributed by atoms with Crippen molar-refractivity contribution in [2.75, 3.05) is 7.11 Å². The highest BCUT2D eigenvalue weighted by atomic mass is 32.2. The molecule has 1 N–H and O–H groups in total. The van der Waals surface area contributed by atoms with Gasteiger partial charge in [0, 0.05) is 11.8 Å². The van der Waals surface area contributed by atoms with Crippen LogP contribution in [0.4, 0.5) is 0 Å². The summed E-state index contributed by atoms with van der Waals surface area (Å²) < 4.78 is 4.81. The van der Waals surface area contributed by atoms with Gasteiger partial charge in [0.25, 0.3) is 5.56 Å². The Bertz CT molecular complexity index is 511. The fourth-order valence-electron chi connectivity index (χ4n) is 1.90. The van der Waals surface area contributed by atoms with E-state index in [2.05, 4.69) is 9.97 Å². The molecule has 0 radical (unpaired) electrons. The molecule has 1 aromatic rings. The first-order chi connectivity index (χ1) is 9.13. The first-order valence-corrected chi connectivity index (χ1v) is 7.36. The van der Waals surface area contributed by atoms with Crippen LogP contribution in [0.2, 0.25) is 0 Å². The van der Waals surface area contributed by atoms with Crippen LogP contribution in [0, 0.1) is 5.92 Å². The lowest BCUT2D eigenvalue weighted by molar-refractivity contribution is -0.140. The molecule has 1 fully saturated rings. The van der Waals surface area contributed by atoms with Crippen molar-refractivity contribution < 1.29 is 9.53 Å². The summed E-state index contributed by atoms with van der Waals surface area (Å²) in [5.41, 5.74) is 0.605. The molecule has 1 unspecified atom stereocenters. The maximum absolute atomic E-state index is 11.7. The summed E-state index contributed by atoms with van der Waals surface area (Å²) in [5.74, 6) is 0.105. The van der Waals surface area contributed by atoms with Crippen molar-refractivity contribution in [2.45, 2.75) is 43.0 Å². The van der Waals surface area contributed by atoms with E-state index in [0.717, 1.165) is 31.4 Å².